The molecule has 0 radical (unpaired) electrons. The zero-order valence-electron chi connectivity index (χ0n) is 16.7. The van der Waals surface area contributed by atoms with Gasteiger partial charge in [-0.3, -0.25) is 0 Å². The Morgan fingerprint density at radius 2 is 1.71 bits per heavy atom. The Morgan fingerprint density at radius 1 is 0.971 bits per heavy atom. The van der Waals surface area contributed by atoms with E-state index in [1.54, 1.807) is 0 Å². The Bertz CT molecular complexity index is 1510. The number of carboxylic acid groups (broad SMARTS) is 1. The van der Waals surface area contributed by atoms with Crippen molar-refractivity contribution in [3.63, 3.8) is 0 Å². The first-order valence-electron chi connectivity index (χ1n) is 9.24. The number of nitrogens with one attached hydrogen (secondary N) is 1. The van der Waals surface area contributed by atoms with Crippen molar-refractivity contribution in [3.05, 3.63) is 72.1 Å². The van der Waals surface area contributed by atoms with Gasteiger partial charge in [-0.2, -0.15) is 13.2 Å². The number of aromatic carboxylic acids is 1. The molecule has 174 valence electrons. The molecule has 2 aromatic carbocycles. The van der Waals surface area contributed by atoms with E-state index in [0.29, 0.717) is 6.07 Å². The lowest BCUT2D eigenvalue weighted by molar-refractivity contribution is -0.139. The molecule has 34 heavy (non-hydrogen) atoms. The van der Waals surface area contributed by atoms with E-state index in [1.165, 1.54) is 36.5 Å². The van der Waals surface area contributed by atoms with Crippen molar-refractivity contribution in [3.8, 4) is 11.5 Å². The molecule has 0 aliphatic rings. The number of anilines is 1. The van der Waals surface area contributed by atoms with Crippen LogP contribution in [-0.2, 0) is 16.2 Å². The molecular formula is C20H12F3N5O5S. The van der Waals surface area contributed by atoms with Crippen LogP contribution in [0, 0.1) is 0 Å². The minimum absolute atomic E-state index is 0.171. The number of halogens is 3. The minimum atomic E-state index is -4.88. The summed E-state index contributed by atoms with van der Waals surface area (Å²) in [6.45, 7) is 0. The molecule has 10 nitrogen and oxygen atoms in total. The number of hydrogen-bond acceptors (Lipinski definition) is 8. The van der Waals surface area contributed by atoms with Crippen molar-refractivity contribution in [1.82, 2.24) is 20.2 Å². The van der Waals surface area contributed by atoms with Gasteiger partial charge in [0, 0.05) is 18.3 Å². The molecule has 4 rings (SSSR count). The van der Waals surface area contributed by atoms with E-state index in [4.69, 9.17) is 9.84 Å². The maximum atomic E-state index is 13.2. The van der Waals surface area contributed by atoms with Crippen molar-refractivity contribution in [2.45, 2.75) is 11.1 Å². The van der Waals surface area contributed by atoms with Gasteiger partial charge in [0.1, 0.15) is 17.0 Å². The topological polar surface area (TPSA) is 144 Å². The van der Waals surface area contributed by atoms with Crippen molar-refractivity contribution >= 4 is 33.0 Å². The Hall–Kier alpha value is -4.33. The number of aromatic nitrogens is 4. The molecular weight excluding hydrogens is 479 g/mol. The highest BCUT2D eigenvalue weighted by Crippen LogP contribution is 2.34. The number of ether oxygens (including phenoxy) is 1. The highest BCUT2D eigenvalue weighted by molar-refractivity contribution is 7.92. The zero-order chi connectivity index (χ0) is 24.5. The monoisotopic (exact) mass is 491 g/mol. The van der Waals surface area contributed by atoms with Crippen LogP contribution in [-0.4, -0.2) is 39.7 Å². The van der Waals surface area contributed by atoms with Gasteiger partial charge >= 0.3 is 12.1 Å². The van der Waals surface area contributed by atoms with Gasteiger partial charge in [0.15, 0.2) is 5.69 Å². The molecule has 2 aromatic heterocycles. The summed E-state index contributed by atoms with van der Waals surface area (Å²) in [6, 6.07) is 10.6. The predicted molar refractivity (Wildman–Crippen MR) is 111 cm³/mol. The number of fused-ring (bicyclic) bond motifs is 1. The number of rotatable bonds is 6. The zero-order valence-corrected chi connectivity index (χ0v) is 17.5. The second-order valence-electron chi connectivity index (χ2n) is 6.67. The van der Waals surface area contributed by atoms with Crippen LogP contribution in [0.1, 0.15) is 16.1 Å². The summed E-state index contributed by atoms with van der Waals surface area (Å²) in [7, 11) is -4.67. The number of sulfonamides is 1. The Kier molecular flexibility index (Phi) is 5.75. The highest BCUT2D eigenvalue weighted by Gasteiger charge is 2.37. The molecule has 2 heterocycles. The first kappa shape index (κ1) is 22.8. The van der Waals surface area contributed by atoms with Crippen LogP contribution < -0.4 is 9.46 Å². The van der Waals surface area contributed by atoms with Crippen LogP contribution in [0.4, 0.5) is 19.1 Å². The van der Waals surface area contributed by atoms with E-state index in [-0.39, 0.29) is 28.2 Å². The number of hydrogen-bond donors (Lipinski definition) is 2. The molecule has 0 aliphatic carbocycles. The summed E-state index contributed by atoms with van der Waals surface area (Å²) >= 11 is 0. The quantitative estimate of drug-likeness (QED) is 0.412. The van der Waals surface area contributed by atoms with Crippen molar-refractivity contribution in [1.29, 1.82) is 0 Å². The van der Waals surface area contributed by atoms with Crippen molar-refractivity contribution < 1.29 is 36.2 Å². The van der Waals surface area contributed by atoms with E-state index in [9.17, 15) is 26.4 Å². The summed E-state index contributed by atoms with van der Waals surface area (Å²) in [4.78, 5) is 17.7. The fraction of sp³-hybridized carbons (Fsp3) is 0.0500. The lowest BCUT2D eigenvalue weighted by Crippen LogP contribution is -2.20. The second kappa shape index (κ2) is 8.55. The predicted octanol–water partition coefficient (Wildman–Crippen LogP) is 3.73. The molecule has 0 bridgehead atoms. The number of carboxylic acids is 1. The first-order valence-corrected chi connectivity index (χ1v) is 10.7. The average Bonchev–Trinajstić information content (AvgIpc) is 2.78. The lowest BCUT2D eigenvalue weighted by Gasteiger charge is -2.13. The van der Waals surface area contributed by atoms with E-state index in [1.807, 2.05) is 4.72 Å². The second-order valence-corrected chi connectivity index (χ2v) is 8.32. The molecule has 0 atom stereocenters. The van der Waals surface area contributed by atoms with Gasteiger partial charge < -0.3 is 9.84 Å². The summed E-state index contributed by atoms with van der Waals surface area (Å²) in [5, 5.41) is 16.5. The van der Waals surface area contributed by atoms with E-state index in [0.717, 1.165) is 18.2 Å². The van der Waals surface area contributed by atoms with Gasteiger partial charge in [-0.1, -0.05) is 12.1 Å². The van der Waals surface area contributed by atoms with E-state index >= 15 is 0 Å². The number of pyridine rings is 1. The van der Waals surface area contributed by atoms with Crippen LogP contribution in [0.5, 0.6) is 11.5 Å². The van der Waals surface area contributed by atoms with Gasteiger partial charge in [0.25, 0.3) is 16.0 Å². The molecule has 0 saturated carbocycles. The van der Waals surface area contributed by atoms with Gasteiger partial charge in [0.05, 0.1) is 16.0 Å². The maximum absolute atomic E-state index is 13.2. The lowest BCUT2D eigenvalue weighted by atomic mass is 10.2. The molecule has 2 N–H and O–H groups in total. The molecule has 14 heteroatoms. The third-order valence-electron chi connectivity index (χ3n) is 4.32. The van der Waals surface area contributed by atoms with Crippen LogP contribution in [0.25, 0.3) is 11.0 Å². The highest BCUT2D eigenvalue weighted by atomic mass is 32.2. The number of benzene rings is 2. The Morgan fingerprint density at radius 3 is 2.44 bits per heavy atom. The molecule has 0 aliphatic heterocycles. The Balaban J connectivity index is 1.59. The van der Waals surface area contributed by atoms with Crippen LogP contribution in [0.3, 0.4) is 0 Å². The fourth-order valence-electron chi connectivity index (χ4n) is 2.86. The first-order chi connectivity index (χ1) is 16.0. The minimum Gasteiger partial charge on any atom is -0.477 e. The van der Waals surface area contributed by atoms with Crippen LogP contribution >= 0.6 is 0 Å². The molecule has 4 aromatic rings. The van der Waals surface area contributed by atoms with E-state index in [2.05, 4.69) is 20.2 Å². The van der Waals surface area contributed by atoms with Crippen molar-refractivity contribution in [2.24, 2.45) is 0 Å². The largest absolute Gasteiger partial charge is 0.477 e. The molecule has 0 amide bonds. The summed E-state index contributed by atoms with van der Waals surface area (Å²) in [5.74, 6) is -1.32. The smallest absolute Gasteiger partial charge is 0.417 e. The molecule has 0 saturated heterocycles. The number of carbonyl (C=O) groups is 1. The van der Waals surface area contributed by atoms with Gasteiger partial charge in [-0.25, -0.2) is 27.9 Å². The third-order valence-corrected chi connectivity index (χ3v) is 5.71. The maximum Gasteiger partial charge on any atom is 0.417 e. The summed E-state index contributed by atoms with van der Waals surface area (Å²) in [6.07, 6.45) is -3.62. The van der Waals surface area contributed by atoms with Gasteiger partial charge in [-0.15, -0.1) is 10.2 Å². The fourth-order valence-corrected chi connectivity index (χ4v) is 4.03. The van der Waals surface area contributed by atoms with E-state index < -0.39 is 38.6 Å². The SMILES string of the molecule is O=C(O)c1cc(Oc2ccc3nc(NS(=O)(=O)c4ccccc4C(F)(F)F)nnc3c2)ccn1. The van der Waals surface area contributed by atoms with Crippen LogP contribution in [0.15, 0.2) is 65.7 Å². The van der Waals surface area contributed by atoms with Crippen molar-refractivity contribution in [2.75, 3.05) is 4.72 Å². The molecule has 0 unspecified atom stereocenters. The van der Waals surface area contributed by atoms with Crippen LogP contribution in [0.2, 0.25) is 0 Å². The average molecular weight is 491 g/mol. The number of nitrogens with zero attached hydrogens (tertiary/aromatic N) is 4. The standard InChI is InChI=1S/C20H12F3N5O5S/c21-20(22,23)13-3-1-2-4-17(13)34(31,32)28-19-25-14-6-5-11(9-15(14)26-27-19)33-12-7-8-24-16(10-12)18(29)30/h1-10H,(H,29,30)(H,25,27,28). The molecule has 0 fully saturated rings. The third kappa shape index (κ3) is 4.85. The number of alkyl halides is 3. The van der Waals surface area contributed by atoms with Gasteiger partial charge in [0.2, 0.25) is 0 Å². The summed E-state index contributed by atoms with van der Waals surface area (Å²) < 4.78 is 72.2. The van der Waals surface area contributed by atoms with Gasteiger partial charge in [-0.05, 0) is 30.3 Å². The Labute approximate surface area is 189 Å². The normalized spacial score (nSPS) is 11.9. The summed E-state index contributed by atoms with van der Waals surface area (Å²) in [5.41, 5.74) is -1.20. The molecule has 0 spiro atoms.